The van der Waals surface area contributed by atoms with Crippen molar-refractivity contribution in [3.63, 3.8) is 0 Å². The van der Waals surface area contributed by atoms with Crippen molar-refractivity contribution >= 4 is 18.3 Å². The van der Waals surface area contributed by atoms with Crippen LogP contribution in [0.5, 0.6) is 0 Å². The topological polar surface area (TPSA) is 69.8 Å². The maximum Gasteiger partial charge on any atom is 0.234 e. The van der Waals surface area contributed by atoms with Gasteiger partial charge in [0.1, 0.15) is 0 Å². The summed E-state index contributed by atoms with van der Waals surface area (Å²) < 4.78 is 0. The van der Waals surface area contributed by atoms with E-state index in [1.165, 1.54) is 5.56 Å². The van der Waals surface area contributed by atoms with Crippen LogP contribution < -0.4 is 10.6 Å². The number of aromatic nitrogens is 2. The van der Waals surface area contributed by atoms with Gasteiger partial charge in [-0.3, -0.25) is 9.89 Å². The monoisotopic (exact) mass is 244 g/mol. The molecule has 0 aliphatic heterocycles. The molecule has 0 radical (unpaired) electrons. The number of H-pyrrole nitrogens is 1. The second kappa shape index (κ2) is 5.86. The van der Waals surface area contributed by atoms with Gasteiger partial charge in [0.25, 0.3) is 0 Å². The molecule has 5 nitrogen and oxygen atoms in total. The van der Waals surface area contributed by atoms with Gasteiger partial charge in [-0.1, -0.05) is 0 Å². The van der Waals surface area contributed by atoms with Gasteiger partial charge >= 0.3 is 0 Å². The first kappa shape index (κ1) is 13.0. The third-order valence-corrected chi connectivity index (χ3v) is 2.71. The highest BCUT2D eigenvalue weighted by Crippen LogP contribution is 2.27. The number of rotatable bonds is 3. The first-order valence-corrected chi connectivity index (χ1v) is 5.27. The van der Waals surface area contributed by atoms with E-state index in [-0.39, 0.29) is 24.4 Å². The number of aryl methyl sites for hydroxylation is 1. The van der Waals surface area contributed by atoms with Crippen molar-refractivity contribution in [3.05, 3.63) is 17.5 Å². The zero-order valence-electron chi connectivity index (χ0n) is 9.25. The maximum absolute atomic E-state index is 11.4. The lowest BCUT2D eigenvalue weighted by molar-refractivity contribution is -0.121. The molecule has 1 aromatic rings. The molecule has 6 heteroatoms. The van der Waals surface area contributed by atoms with E-state index >= 15 is 0 Å². The Morgan fingerprint density at radius 3 is 3.25 bits per heavy atom. The summed E-state index contributed by atoms with van der Waals surface area (Å²) in [4.78, 5) is 11.4. The number of carbonyl (C=O) groups excluding carboxylic acids is 1. The number of aromatic amines is 1. The highest BCUT2D eigenvalue weighted by atomic mass is 35.5. The zero-order valence-corrected chi connectivity index (χ0v) is 10.1. The van der Waals surface area contributed by atoms with Crippen molar-refractivity contribution in [1.82, 2.24) is 20.8 Å². The van der Waals surface area contributed by atoms with E-state index in [2.05, 4.69) is 20.8 Å². The minimum Gasteiger partial charge on any atom is -0.347 e. The lowest BCUT2D eigenvalue weighted by Crippen LogP contribution is -2.36. The molecule has 0 aromatic carbocycles. The van der Waals surface area contributed by atoms with Gasteiger partial charge in [0.2, 0.25) is 5.91 Å². The first-order chi connectivity index (χ1) is 7.31. The van der Waals surface area contributed by atoms with Crippen LogP contribution in [-0.4, -0.2) is 29.7 Å². The van der Waals surface area contributed by atoms with Crippen LogP contribution in [0, 0.1) is 0 Å². The molecule has 1 amide bonds. The average molecular weight is 245 g/mol. The Morgan fingerprint density at radius 1 is 1.69 bits per heavy atom. The zero-order chi connectivity index (χ0) is 10.7. The second-order valence-corrected chi connectivity index (χ2v) is 3.85. The van der Waals surface area contributed by atoms with Gasteiger partial charge in [0.15, 0.2) is 0 Å². The molecule has 2 rings (SSSR count). The van der Waals surface area contributed by atoms with Crippen molar-refractivity contribution in [1.29, 1.82) is 0 Å². The molecule has 1 heterocycles. The van der Waals surface area contributed by atoms with E-state index in [0.29, 0.717) is 6.54 Å². The molecule has 0 spiro atoms. The van der Waals surface area contributed by atoms with Crippen molar-refractivity contribution in [2.24, 2.45) is 0 Å². The number of hydrogen-bond donors (Lipinski definition) is 3. The Labute approximate surface area is 101 Å². The van der Waals surface area contributed by atoms with Crippen molar-refractivity contribution in [2.45, 2.75) is 25.3 Å². The predicted octanol–water partition coefficient (Wildman–Crippen LogP) is 0.544. The van der Waals surface area contributed by atoms with Gasteiger partial charge in [-0.25, -0.2) is 0 Å². The number of carbonyl (C=O) groups is 1. The van der Waals surface area contributed by atoms with E-state index in [9.17, 15) is 4.79 Å². The van der Waals surface area contributed by atoms with Gasteiger partial charge in [-0.15, -0.1) is 12.4 Å². The van der Waals surface area contributed by atoms with Crippen LogP contribution in [0.15, 0.2) is 6.20 Å². The third kappa shape index (κ3) is 2.74. The first-order valence-electron chi connectivity index (χ1n) is 5.27. The van der Waals surface area contributed by atoms with Crippen LogP contribution >= 0.6 is 12.4 Å². The highest BCUT2D eigenvalue weighted by molar-refractivity contribution is 5.85. The largest absolute Gasteiger partial charge is 0.347 e. The summed E-state index contributed by atoms with van der Waals surface area (Å²) in [6.45, 7) is 0.361. The van der Waals surface area contributed by atoms with E-state index in [1.54, 1.807) is 7.05 Å². The number of halogens is 1. The Hall–Kier alpha value is -1.07. The van der Waals surface area contributed by atoms with Crippen LogP contribution in [0.2, 0.25) is 0 Å². The normalized spacial score (nSPS) is 18.4. The SMILES string of the molecule is CNCC(=O)NC1CCCc2cn[nH]c21.Cl. The lowest BCUT2D eigenvalue weighted by atomic mass is 9.94. The molecule has 0 saturated heterocycles. The summed E-state index contributed by atoms with van der Waals surface area (Å²) in [6, 6.07) is 0.108. The number of amides is 1. The minimum atomic E-state index is 0. The molecule has 3 N–H and O–H groups in total. The number of hydrogen-bond acceptors (Lipinski definition) is 3. The second-order valence-electron chi connectivity index (χ2n) is 3.85. The molecule has 16 heavy (non-hydrogen) atoms. The van der Waals surface area contributed by atoms with Crippen LogP contribution in [0.25, 0.3) is 0 Å². The standard InChI is InChI=1S/C10H16N4O.ClH/c1-11-6-9(15)13-8-4-2-3-7-5-12-14-10(7)8;/h5,8,11H,2-4,6H2,1H3,(H,12,14)(H,13,15);1H. The third-order valence-electron chi connectivity index (χ3n) is 2.71. The van der Waals surface area contributed by atoms with Gasteiger partial charge in [-0.2, -0.15) is 5.10 Å². The van der Waals surface area contributed by atoms with Gasteiger partial charge in [-0.05, 0) is 31.9 Å². The summed E-state index contributed by atoms with van der Waals surface area (Å²) in [5.41, 5.74) is 2.31. The van der Waals surface area contributed by atoms with E-state index in [1.807, 2.05) is 6.20 Å². The minimum absolute atomic E-state index is 0. The summed E-state index contributed by atoms with van der Waals surface area (Å²) >= 11 is 0. The summed E-state index contributed by atoms with van der Waals surface area (Å²) in [6.07, 6.45) is 5.01. The molecule has 1 aliphatic rings. The van der Waals surface area contributed by atoms with Crippen LogP contribution in [0.4, 0.5) is 0 Å². The fourth-order valence-corrected chi connectivity index (χ4v) is 2.01. The highest BCUT2D eigenvalue weighted by Gasteiger charge is 2.22. The van der Waals surface area contributed by atoms with Gasteiger partial charge in [0, 0.05) is 0 Å². The molecule has 1 atom stereocenters. The lowest BCUT2D eigenvalue weighted by Gasteiger charge is -2.22. The molecular formula is C10H17ClN4O. The Balaban J connectivity index is 0.00000128. The summed E-state index contributed by atoms with van der Waals surface area (Å²) in [5.74, 6) is 0.0324. The van der Waals surface area contributed by atoms with E-state index in [0.717, 1.165) is 25.0 Å². The number of nitrogens with zero attached hydrogens (tertiary/aromatic N) is 1. The predicted molar refractivity (Wildman–Crippen MR) is 63.6 cm³/mol. The fourth-order valence-electron chi connectivity index (χ4n) is 2.01. The van der Waals surface area contributed by atoms with E-state index in [4.69, 9.17) is 0 Å². The van der Waals surface area contributed by atoms with Crippen molar-refractivity contribution in [3.8, 4) is 0 Å². The smallest absolute Gasteiger partial charge is 0.234 e. The Bertz CT molecular complexity index is 352. The van der Waals surface area contributed by atoms with Crippen LogP contribution in [-0.2, 0) is 11.2 Å². The van der Waals surface area contributed by atoms with E-state index < -0.39 is 0 Å². The van der Waals surface area contributed by atoms with Crippen molar-refractivity contribution < 1.29 is 4.79 Å². The molecule has 1 unspecified atom stereocenters. The average Bonchev–Trinajstić information content (AvgIpc) is 2.67. The quantitative estimate of drug-likeness (QED) is 0.727. The number of fused-ring (bicyclic) bond motifs is 1. The molecule has 90 valence electrons. The number of likely N-dealkylation sites (N-methyl/N-ethyl adjacent to an activating group) is 1. The summed E-state index contributed by atoms with van der Waals surface area (Å²) in [5, 5.41) is 12.8. The summed E-state index contributed by atoms with van der Waals surface area (Å²) in [7, 11) is 1.77. The van der Waals surface area contributed by atoms with Gasteiger partial charge in [0.05, 0.1) is 24.5 Å². The fraction of sp³-hybridized carbons (Fsp3) is 0.600. The molecule has 0 saturated carbocycles. The van der Waals surface area contributed by atoms with Gasteiger partial charge < -0.3 is 10.6 Å². The molecule has 0 bridgehead atoms. The maximum atomic E-state index is 11.4. The molecule has 1 aromatic heterocycles. The molecule has 0 fully saturated rings. The van der Waals surface area contributed by atoms with Crippen molar-refractivity contribution in [2.75, 3.05) is 13.6 Å². The number of nitrogens with one attached hydrogen (secondary N) is 3. The molecular weight excluding hydrogens is 228 g/mol. The van der Waals surface area contributed by atoms with Crippen LogP contribution in [0.1, 0.15) is 30.1 Å². The van der Waals surface area contributed by atoms with Crippen LogP contribution in [0.3, 0.4) is 0 Å². The Kier molecular flexibility index (Phi) is 4.76. The Morgan fingerprint density at radius 2 is 2.50 bits per heavy atom. The molecule has 1 aliphatic carbocycles.